The summed E-state index contributed by atoms with van der Waals surface area (Å²) in [6.45, 7) is 12.4. The van der Waals surface area contributed by atoms with Crippen LogP contribution in [0.2, 0.25) is 0 Å². The first kappa shape index (κ1) is 18.3. The van der Waals surface area contributed by atoms with Gasteiger partial charge in [-0.05, 0) is 44.9 Å². The summed E-state index contributed by atoms with van der Waals surface area (Å²) in [4.78, 5) is 30.3. The zero-order valence-corrected chi connectivity index (χ0v) is 15.3. The summed E-state index contributed by atoms with van der Waals surface area (Å²) < 4.78 is 0. The molecule has 1 aliphatic rings. The smallest absolute Gasteiger partial charge is 0.232 e. The molecule has 0 atom stereocenters. The highest BCUT2D eigenvalue weighted by atomic mass is 16.2. The maximum Gasteiger partial charge on any atom is 0.232 e. The Bertz CT molecular complexity index is 588. The number of nitrogens with zero attached hydrogens (tertiary/aromatic N) is 3. The van der Waals surface area contributed by atoms with Gasteiger partial charge in [0.2, 0.25) is 11.8 Å². The lowest BCUT2D eigenvalue weighted by atomic mass is 10.1. The van der Waals surface area contributed by atoms with E-state index in [1.807, 2.05) is 18.7 Å². The Hall–Kier alpha value is -2.04. The molecular weight excluding hydrogens is 302 g/mol. The molecule has 132 valence electrons. The van der Waals surface area contributed by atoms with Gasteiger partial charge < -0.3 is 14.7 Å². The molecule has 1 heterocycles. The first-order chi connectivity index (χ1) is 11.5. The van der Waals surface area contributed by atoms with E-state index in [1.165, 1.54) is 16.8 Å². The number of rotatable bonds is 5. The van der Waals surface area contributed by atoms with Gasteiger partial charge in [-0.2, -0.15) is 0 Å². The number of hydrogen-bond donors (Lipinski definition) is 0. The quantitative estimate of drug-likeness (QED) is 0.777. The van der Waals surface area contributed by atoms with Crippen LogP contribution < -0.4 is 4.90 Å². The molecule has 5 heteroatoms. The van der Waals surface area contributed by atoms with E-state index in [4.69, 9.17) is 0 Å². The van der Waals surface area contributed by atoms with Crippen LogP contribution in [0, 0.1) is 13.8 Å². The van der Waals surface area contributed by atoms with Crippen LogP contribution in [0.3, 0.4) is 0 Å². The minimum atomic E-state index is -0.0676. The number of piperazine rings is 1. The Labute approximate surface area is 145 Å². The molecule has 0 aromatic heterocycles. The van der Waals surface area contributed by atoms with Crippen LogP contribution >= 0.6 is 0 Å². The molecule has 1 aromatic rings. The molecule has 0 spiro atoms. The standard InChI is InChI=1S/C19H29N3O2/c1-5-20(6-2)18(23)14-19(24)22-12-10-21(11-13-22)17-9-7-8-15(3)16(17)4/h7-9H,5-6,10-14H2,1-4H3. The molecule has 2 rings (SSSR count). The normalized spacial score (nSPS) is 14.7. The molecule has 0 saturated carbocycles. The Morgan fingerprint density at radius 2 is 1.67 bits per heavy atom. The van der Waals surface area contributed by atoms with E-state index >= 15 is 0 Å². The van der Waals surface area contributed by atoms with Gasteiger partial charge in [-0.15, -0.1) is 0 Å². The van der Waals surface area contributed by atoms with E-state index < -0.39 is 0 Å². The van der Waals surface area contributed by atoms with Gasteiger partial charge in [0.15, 0.2) is 0 Å². The minimum absolute atomic E-state index is 0.00878. The SMILES string of the molecule is CCN(CC)C(=O)CC(=O)N1CCN(c2cccc(C)c2C)CC1. The van der Waals surface area contributed by atoms with Crippen LogP contribution in [0.15, 0.2) is 18.2 Å². The largest absolute Gasteiger partial charge is 0.368 e. The molecule has 0 radical (unpaired) electrons. The molecule has 24 heavy (non-hydrogen) atoms. The Morgan fingerprint density at radius 3 is 2.25 bits per heavy atom. The van der Waals surface area contributed by atoms with Crippen molar-refractivity contribution in [2.24, 2.45) is 0 Å². The average Bonchev–Trinajstić information content (AvgIpc) is 2.58. The van der Waals surface area contributed by atoms with Crippen LogP contribution in [0.25, 0.3) is 0 Å². The highest BCUT2D eigenvalue weighted by Gasteiger charge is 2.24. The van der Waals surface area contributed by atoms with E-state index in [9.17, 15) is 9.59 Å². The van der Waals surface area contributed by atoms with E-state index in [2.05, 4.69) is 36.9 Å². The maximum atomic E-state index is 12.4. The first-order valence-corrected chi connectivity index (χ1v) is 8.84. The first-order valence-electron chi connectivity index (χ1n) is 8.84. The fourth-order valence-corrected chi connectivity index (χ4v) is 3.20. The number of benzene rings is 1. The monoisotopic (exact) mass is 331 g/mol. The lowest BCUT2D eigenvalue weighted by Crippen LogP contribution is -2.50. The lowest BCUT2D eigenvalue weighted by molar-refractivity contribution is -0.140. The van der Waals surface area contributed by atoms with Crippen molar-refractivity contribution in [3.05, 3.63) is 29.3 Å². The Kier molecular flexibility index (Phi) is 6.23. The van der Waals surface area contributed by atoms with E-state index in [0.717, 1.165) is 13.1 Å². The van der Waals surface area contributed by atoms with Crippen molar-refractivity contribution in [2.75, 3.05) is 44.2 Å². The van der Waals surface area contributed by atoms with Gasteiger partial charge in [-0.3, -0.25) is 9.59 Å². The molecule has 2 amide bonds. The predicted molar refractivity (Wildman–Crippen MR) is 97.3 cm³/mol. The van der Waals surface area contributed by atoms with Crippen molar-refractivity contribution < 1.29 is 9.59 Å². The summed E-state index contributed by atoms with van der Waals surface area (Å²) in [5, 5.41) is 0. The number of carbonyl (C=O) groups is 2. The zero-order chi connectivity index (χ0) is 17.7. The molecule has 5 nitrogen and oxygen atoms in total. The summed E-state index contributed by atoms with van der Waals surface area (Å²) in [5.74, 6) is -0.116. The van der Waals surface area contributed by atoms with Gasteiger partial charge in [-0.25, -0.2) is 0 Å². The van der Waals surface area contributed by atoms with E-state index in [0.29, 0.717) is 26.2 Å². The second kappa shape index (κ2) is 8.18. The van der Waals surface area contributed by atoms with Gasteiger partial charge >= 0.3 is 0 Å². The number of carbonyl (C=O) groups excluding carboxylic acids is 2. The zero-order valence-electron chi connectivity index (χ0n) is 15.3. The number of anilines is 1. The van der Waals surface area contributed by atoms with Gasteiger partial charge in [0, 0.05) is 45.0 Å². The summed E-state index contributed by atoms with van der Waals surface area (Å²) in [6, 6.07) is 6.35. The van der Waals surface area contributed by atoms with E-state index in [1.54, 1.807) is 4.90 Å². The molecule has 1 fully saturated rings. The second-order valence-corrected chi connectivity index (χ2v) is 6.33. The van der Waals surface area contributed by atoms with Crippen molar-refractivity contribution in [3.63, 3.8) is 0 Å². The number of hydrogen-bond acceptors (Lipinski definition) is 3. The molecule has 0 N–H and O–H groups in total. The van der Waals surface area contributed by atoms with Crippen molar-refractivity contribution >= 4 is 17.5 Å². The second-order valence-electron chi connectivity index (χ2n) is 6.33. The third kappa shape index (κ3) is 4.08. The maximum absolute atomic E-state index is 12.4. The fraction of sp³-hybridized carbons (Fsp3) is 0.579. The topological polar surface area (TPSA) is 43.9 Å². The summed E-state index contributed by atoms with van der Waals surface area (Å²) in [7, 11) is 0. The Balaban J connectivity index is 1.91. The predicted octanol–water partition coefficient (Wildman–Crippen LogP) is 2.21. The summed E-state index contributed by atoms with van der Waals surface area (Å²) in [6.07, 6.45) is -0.00878. The van der Waals surface area contributed by atoms with Crippen molar-refractivity contribution in [2.45, 2.75) is 34.1 Å². The van der Waals surface area contributed by atoms with Gasteiger partial charge in [0.1, 0.15) is 6.42 Å². The van der Waals surface area contributed by atoms with Gasteiger partial charge in [0.25, 0.3) is 0 Å². The van der Waals surface area contributed by atoms with Crippen molar-refractivity contribution in [1.29, 1.82) is 0 Å². The molecule has 1 aliphatic heterocycles. The summed E-state index contributed by atoms with van der Waals surface area (Å²) in [5.41, 5.74) is 3.84. The van der Waals surface area contributed by atoms with Crippen molar-refractivity contribution in [3.8, 4) is 0 Å². The van der Waals surface area contributed by atoms with E-state index in [-0.39, 0.29) is 18.2 Å². The van der Waals surface area contributed by atoms with Gasteiger partial charge in [0.05, 0.1) is 0 Å². The third-order valence-corrected chi connectivity index (χ3v) is 4.97. The summed E-state index contributed by atoms with van der Waals surface area (Å²) >= 11 is 0. The molecule has 0 bridgehead atoms. The average molecular weight is 331 g/mol. The highest BCUT2D eigenvalue weighted by Crippen LogP contribution is 2.24. The van der Waals surface area contributed by atoms with Crippen molar-refractivity contribution in [1.82, 2.24) is 9.80 Å². The number of aryl methyl sites for hydroxylation is 1. The van der Waals surface area contributed by atoms with Crippen LogP contribution in [0.1, 0.15) is 31.4 Å². The highest BCUT2D eigenvalue weighted by molar-refractivity contribution is 5.97. The Morgan fingerprint density at radius 1 is 1.04 bits per heavy atom. The number of amides is 2. The fourth-order valence-electron chi connectivity index (χ4n) is 3.20. The molecule has 1 aromatic carbocycles. The molecule has 0 unspecified atom stereocenters. The van der Waals surface area contributed by atoms with Gasteiger partial charge in [-0.1, -0.05) is 12.1 Å². The van der Waals surface area contributed by atoms with Crippen LogP contribution in [-0.2, 0) is 9.59 Å². The van der Waals surface area contributed by atoms with Crippen LogP contribution in [-0.4, -0.2) is 60.9 Å². The molecular formula is C19H29N3O2. The minimum Gasteiger partial charge on any atom is -0.368 e. The third-order valence-electron chi connectivity index (χ3n) is 4.97. The van der Waals surface area contributed by atoms with Crippen LogP contribution in [0.4, 0.5) is 5.69 Å². The molecule has 1 saturated heterocycles. The van der Waals surface area contributed by atoms with Crippen LogP contribution in [0.5, 0.6) is 0 Å². The molecule has 0 aliphatic carbocycles. The lowest BCUT2D eigenvalue weighted by Gasteiger charge is -2.37.